The van der Waals surface area contributed by atoms with Crippen molar-refractivity contribution in [1.82, 2.24) is 10.3 Å². The minimum absolute atomic E-state index is 0.0102. The number of ether oxygens (including phenoxy) is 3. The molecule has 3 heterocycles. The third kappa shape index (κ3) is 5.64. The lowest BCUT2D eigenvalue weighted by atomic mass is 9.87. The molecule has 2 fully saturated rings. The van der Waals surface area contributed by atoms with Crippen molar-refractivity contribution in [3.8, 4) is 11.5 Å². The van der Waals surface area contributed by atoms with Gasteiger partial charge in [-0.05, 0) is 31.2 Å². The number of benzene rings is 2. The number of amides is 2. The van der Waals surface area contributed by atoms with Gasteiger partial charge in [0, 0.05) is 65.5 Å². The lowest BCUT2D eigenvalue weighted by Crippen LogP contribution is -2.44. The number of aromatic nitrogens is 1. The van der Waals surface area contributed by atoms with Gasteiger partial charge in [-0.15, -0.1) is 0 Å². The Hall–Kier alpha value is -3.96. The zero-order chi connectivity index (χ0) is 29.3. The fourth-order valence-electron chi connectivity index (χ4n) is 5.32. The zero-order valence-corrected chi connectivity index (χ0v) is 23.5. The third-order valence-electron chi connectivity index (χ3n) is 7.39. The van der Waals surface area contributed by atoms with E-state index in [1.165, 1.54) is 43.4 Å². The van der Waals surface area contributed by atoms with Crippen molar-refractivity contribution in [3.63, 3.8) is 0 Å². The summed E-state index contributed by atoms with van der Waals surface area (Å²) in [6.45, 7) is 3.88. The lowest BCUT2D eigenvalue weighted by Gasteiger charge is -2.30. The van der Waals surface area contributed by atoms with Crippen LogP contribution in [0.3, 0.4) is 0 Å². The van der Waals surface area contributed by atoms with Gasteiger partial charge in [-0.3, -0.25) is 14.5 Å². The summed E-state index contributed by atoms with van der Waals surface area (Å²) in [5, 5.41) is 3.14. The molecule has 0 saturated carbocycles. The first-order valence-corrected chi connectivity index (χ1v) is 13.4. The van der Waals surface area contributed by atoms with Crippen LogP contribution in [0.2, 0.25) is 5.02 Å². The normalized spacial score (nSPS) is 20.7. The highest BCUT2D eigenvalue weighted by Gasteiger charge is 2.50. The zero-order valence-electron chi connectivity index (χ0n) is 22.7. The quantitative estimate of drug-likeness (QED) is 0.444. The molecule has 12 heteroatoms. The molecule has 5 rings (SSSR count). The van der Waals surface area contributed by atoms with Gasteiger partial charge in [-0.1, -0.05) is 11.6 Å². The van der Waals surface area contributed by atoms with Crippen LogP contribution in [0.1, 0.15) is 28.8 Å². The second kappa shape index (κ2) is 11.9. The Morgan fingerprint density at radius 2 is 1.59 bits per heavy atom. The van der Waals surface area contributed by atoms with E-state index in [1.807, 2.05) is 4.90 Å². The number of halogens is 3. The van der Waals surface area contributed by atoms with Gasteiger partial charge in [0.1, 0.15) is 40.8 Å². The number of morpholine rings is 1. The van der Waals surface area contributed by atoms with Crippen molar-refractivity contribution < 1.29 is 32.6 Å². The van der Waals surface area contributed by atoms with E-state index in [9.17, 15) is 9.59 Å². The first kappa shape index (κ1) is 28.6. The maximum absolute atomic E-state index is 15.5. The van der Waals surface area contributed by atoms with E-state index in [1.54, 1.807) is 19.1 Å². The van der Waals surface area contributed by atoms with E-state index in [2.05, 4.69) is 5.32 Å². The third-order valence-corrected chi connectivity index (χ3v) is 7.65. The highest BCUT2D eigenvalue weighted by Crippen LogP contribution is 2.41. The van der Waals surface area contributed by atoms with Crippen LogP contribution in [0.15, 0.2) is 48.5 Å². The number of nitrogens with zero attached hydrogens (tertiary/aromatic N) is 3. The van der Waals surface area contributed by atoms with Crippen molar-refractivity contribution in [3.05, 3.63) is 76.3 Å². The average molecular weight is 587 g/mol. The van der Waals surface area contributed by atoms with E-state index in [0.29, 0.717) is 42.9 Å². The summed E-state index contributed by atoms with van der Waals surface area (Å²) in [6, 6.07) is 9.39. The van der Waals surface area contributed by atoms with Crippen molar-refractivity contribution in [2.75, 3.05) is 50.3 Å². The molecule has 0 spiro atoms. The van der Waals surface area contributed by atoms with Gasteiger partial charge in [0.15, 0.2) is 0 Å². The molecule has 2 aliphatic rings. The molecule has 2 saturated heterocycles. The highest BCUT2D eigenvalue weighted by molar-refractivity contribution is 6.30. The fourth-order valence-corrected chi connectivity index (χ4v) is 5.45. The van der Waals surface area contributed by atoms with Crippen molar-refractivity contribution >= 4 is 35.1 Å². The smallest absolute Gasteiger partial charge is 0.251 e. The number of pyridine rings is 1. The Morgan fingerprint density at radius 3 is 2.20 bits per heavy atom. The minimum Gasteiger partial charge on any atom is -0.497 e. The van der Waals surface area contributed by atoms with Crippen LogP contribution in [0.4, 0.5) is 20.4 Å². The van der Waals surface area contributed by atoms with Crippen LogP contribution < -0.4 is 24.6 Å². The van der Waals surface area contributed by atoms with E-state index in [0.717, 1.165) is 12.1 Å². The number of carbonyl (C=O) groups is 2. The molecular formula is C29H29ClF2N4O5. The van der Waals surface area contributed by atoms with Gasteiger partial charge < -0.3 is 24.4 Å². The molecule has 2 aromatic carbocycles. The molecule has 1 N–H and O–H groups in total. The first-order valence-electron chi connectivity index (χ1n) is 13.0. The molecule has 2 amide bonds. The van der Waals surface area contributed by atoms with Gasteiger partial charge in [0.05, 0.1) is 27.4 Å². The summed E-state index contributed by atoms with van der Waals surface area (Å²) in [5.41, 5.74) is -0.108. The fraction of sp³-hybridized carbons (Fsp3) is 0.345. The number of rotatable bonds is 7. The molecule has 3 atom stereocenters. The van der Waals surface area contributed by atoms with Crippen LogP contribution in [0, 0.1) is 11.6 Å². The summed E-state index contributed by atoms with van der Waals surface area (Å²) in [4.78, 5) is 35.4. The summed E-state index contributed by atoms with van der Waals surface area (Å²) in [7, 11) is 2.80. The van der Waals surface area contributed by atoms with Crippen LogP contribution in [0.25, 0.3) is 0 Å². The molecule has 0 radical (unpaired) electrons. The predicted molar refractivity (Wildman–Crippen MR) is 149 cm³/mol. The van der Waals surface area contributed by atoms with Crippen LogP contribution in [0.5, 0.6) is 11.5 Å². The standard InChI is InChI=1S/C29H29ClF2N4O5/c1-16-25(26-21(31)12-19(39-2)13-22(26)32)27(34-28(37)17-4-6-18(30)7-5-17)29(38)36(16)24-15-20(40-3)14-23(33-24)35-8-10-41-11-9-35/h4-7,12-16,25,27H,8-11H2,1-3H3,(H,34,37)/t16-,25+,27?/m1/s1. The predicted octanol–water partition coefficient (Wildman–Crippen LogP) is 4.18. The Labute approximate surface area is 241 Å². The summed E-state index contributed by atoms with van der Waals surface area (Å²) in [6.07, 6.45) is 0. The minimum atomic E-state index is -1.31. The molecule has 0 aliphatic carbocycles. The van der Waals surface area contributed by atoms with Crippen LogP contribution in [-0.2, 0) is 9.53 Å². The van der Waals surface area contributed by atoms with Gasteiger partial charge >= 0.3 is 0 Å². The molecule has 3 aromatic rings. The number of hydrogen-bond donors (Lipinski definition) is 1. The second-order valence-electron chi connectivity index (χ2n) is 9.76. The summed E-state index contributed by atoms with van der Waals surface area (Å²) in [5.74, 6) is -2.84. The molecule has 0 bridgehead atoms. The molecule has 216 valence electrons. The summed E-state index contributed by atoms with van der Waals surface area (Å²) < 4.78 is 46.9. The number of hydrogen-bond acceptors (Lipinski definition) is 7. The second-order valence-corrected chi connectivity index (χ2v) is 10.2. The van der Waals surface area contributed by atoms with Gasteiger partial charge in [0.2, 0.25) is 0 Å². The maximum atomic E-state index is 15.5. The SMILES string of the molecule is COc1cc(N2CCOCC2)nc(N2C(=O)C(NC(=O)c3ccc(Cl)cc3)[C@H](c3c(F)cc(OC)cc3F)[C@H]2C)c1. The van der Waals surface area contributed by atoms with Crippen molar-refractivity contribution in [2.24, 2.45) is 0 Å². The Balaban J connectivity index is 1.58. The van der Waals surface area contributed by atoms with E-state index in [-0.39, 0.29) is 22.7 Å². The van der Waals surface area contributed by atoms with Gasteiger partial charge in [-0.2, -0.15) is 0 Å². The average Bonchev–Trinajstić information content (AvgIpc) is 3.21. The Bertz CT molecular complexity index is 1430. The summed E-state index contributed by atoms with van der Waals surface area (Å²) >= 11 is 5.96. The highest BCUT2D eigenvalue weighted by atomic mass is 35.5. The molecule has 1 aromatic heterocycles. The van der Waals surface area contributed by atoms with E-state index >= 15 is 8.78 Å². The number of methoxy groups -OCH3 is 2. The monoisotopic (exact) mass is 586 g/mol. The number of carbonyl (C=O) groups excluding carboxylic acids is 2. The molecule has 1 unspecified atom stereocenters. The maximum Gasteiger partial charge on any atom is 0.251 e. The van der Waals surface area contributed by atoms with Gasteiger partial charge in [0.25, 0.3) is 11.8 Å². The van der Waals surface area contributed by atoms with Crippen LogP contribution in [-0.4, -0.2) is 69.4 Å². The van der Waals surface area contributed by atoms with E-state index in [4.69, 9.17) is 30.8 Å². The Morgan fingerprint density at radius 1 is 1.00 bits per heavy atom. The van der Waals surface area contributed by atoms with E-state index < -0.39 is 41.5 Å². The van der Waals surface area contributed by atoms with Crippen molar-refractivity contribution in [1.29, 1.82) is 0 Å². The molecule has 9 nitrogen and oxygen atoms in total. The van der Waals surface area contributed by atoms with Crippen molar-refractivity contribution in [2.45, 2.75) is 24.9 Å². The van der Waals surface area contributed by atoms with Crippen LogP contribution >= 0.6 is 11.6 Å². The number of anilines is 2. The largest absolute Gasteiger partial charge is 0.497 e. The van der Waals surface area contributed by atoms with Gasteiger partial charge in [-0.25, -0.2) is 13.8 Å². The first-order chi connectivity index (χ1) is 19.7. The molecule has 2 aliphatic heterocycles. The Kier molecular flexibility index (Phi) is 8.27. The molecule has 41 heavy (non-hydrogen) atoms. The lowest BCUT2D eigenvalue weighted by molar-refractivity contribution is -0.118. The molecular weight excluding hydrogens is 558 g/mol. The number of nitrogens with one attached hydrogen (secondary N) is 1. The topological polar surface area (TPSA) is 93.2 Å².